The van der Waals surface area contributed by atoms with Crippen LogP contribution in [0.15, 0.2) is 36.4 Å². The summed E-state index contributed by atoms with van der Waals surface area (Å²) in [5.74, 6) is -1.41. The summed E-state index contributed by atoms with van der Waals surface area (Å²) in [6, 6.07) is 10.6. The number of aromatic nitrogens is 2. The molecule has 2 unspecified atom stereocenters. The van der Waals surface area contributed by atoms with Gasteiger partial charge in [-0.05, 0) is 62.4 Å². The third kappa shape index (κ3) is 4.31. The number of piperazine rings is 1. The molecule has 40 heavy (non-hydrogen) atoms. The molecule has 1 aromatic heterocycles. The van der Waals surface area contributed by atoms with Gasteiger partial charge < -0.3 is 25.0 Å². The van der Waals surface area contributed by atoms with E-state index in [1.54, 1.807) is 30.3 Å². The minimum absolute atomic E-state index is 0.0483. The molecule has 0 amide bonds. The van der Waals surface area contributed by atoms with E-state index in [-0.39, 0.29) is 39.1 Å². The van der Waals surface area contributed by atoms with Crippen LogP contribution in [0.2, 0.25) is 5.02 Å². The van der Waals surface area contributed by atoms with Gasteiger partial charge in [-0.1, -0.05) is 35.9 Å². The fourth-order valence-electron chi connectivity index (χ4n) is 6.57. The molecule has 3 atom stereocenters. The first kappa shape index (κ1) is 25.7. The van der Waals surface area contributed by atoms with Crippen molar-refractivity contribution in [2.75, 3.05) is 38.2 Å². The van der Waals surface area contributed by atoms with Crippen LogP contribution in [-0.2, 0) is 0 Å². The van der Waals surface area contributed by atoms with E-state index in [9.17, 15) is 9.50 Å². The predicted molar refractivity (Wildman–Crippen MR) is 152 cm³/mol. The molecule has 3 aliphatic rings. The Morgan fingerprint density at radius 1 is 1.02 bits per heavy atom. The quantitative estimate of drug-likeness (QED) is 0.331. The number of rotatable bonds is 5. The van der Waals surface area contributed by atoms with E-state index >= 15 is 4.39 Å². The molecule has 10 heteroatoms. The van der Waals surface area contributed by atoms with Crippen molar-refractivity contribution in [1.29, 1.82) is 0 Å². The number of benzene rings is 3. The molecule has 0 spiro atoms. The van der Waals surface area contributed by atoms with Gasteiger partial charge in [0.25, 0.3) is 0 Å². The monoisotopic (exact) mass is 565 g/mol. The summed E-state index contributed by atoms with van der Waals surface area (Å²) < 4.78 is 37.5. The first-order valence-corrected chi connectivity index (χ1v) is 14.2. The predicted octanol–water partition coefficient (Wildman–Crippen LogP) is 5.50. The summed E-state index contributed by atoms with van der Waals surface area (Å²) in [7, 11) is 2.07. The number of aromatic hydroxyl groups is 1. The number of phenols is 1. The smallest absolute Gasteiger partial charge is 0.319 e. The molecule has 7 rings (SSSR count). The van der Waals surface area contributed by atoms with Crippen LogP contribution in [0.1, 0.15) is 25.7 Å². The largest absolute Gasteiger partial charge is 0.505 e. The third-order valence-electron chi connectivity index (χ3n) is 8.66. The van der Waals surface area contributed by atoms with Crippen molar-refractivity contribution in [2.45, 2.75) is 43.8 Å². The van der Waals surface area contributed by atoms with Crippen molar-refractivity contribution in [3.8, 4) is 22.9 Å². The highest BCUT2D eigenvalue weighted by atomic mass is 35.5. The Balaban J connectivity index is 1.40. The Bertz CT molecular complexity index is 1620. The lowest BCUT2D eigenvalue weighted by Crippen LogP contribution is -2.51. The Hall–Kier alpha value is -3.27. The summed E-state index contributed by atoms with van der Waals surface area (Å²) in [5.41, 5.74) is 0.416. The standard InChI is InChI=1S/C30H30ClF2N5O2/c1-37-10-4-5-18(37)15-40-30-35-28-22(29(36-30)38-13-16-8-9-17(14-38)34-16)11-23(31)25(27(28)33)21-12-24(39)26(32)20-7-3-2-6-19(20)21/h2-3,6-7,11-12,16-18,34,39H,4-5,8-10,13-15H2,1H3/t16?,17?,18-/m0/s1. The Kier molecular flexibility index (Phi) is 6.40. The SMILES string of the molecule is CN1CCC[C@H]1COc1nc(N2CC3CCC(C2)N3)c2cc(Cl)c(-c3cc(O)c(F)c4ccccc34)c(F)c2n1. The molecule has 0 aliphatic carbocycles. The van der Waals surface area contributed by atoms with Gasteiger partial charge in [0, 0.05) is 47.6 Å². The zero-order valence-corrected chi connectivity index (χ0v) is 22.9. The zero-order chi connectivity index (χ0) is 27.5. The van der Waals surface area contributed by atoms with Crippen LogP contribution in [0.5, 0.6) is 11.8 Å². The molecule has 4 aromatic rings. The zero-order valence-electron chi connectivity index (χ0n) is 22.1. The summed E-state index contributed by atoms with van der Waals surface area (Å²) in [6.07, 6.45) is 4.30. The Morgan fingerprint density at radius 2 is 1.77 bits per heavy atom. The number of nitrogens with one attached hydrogen (secondary N) is 1. The van der Waals surface area contributed by atoms with E-state index in [2.05, 4.69) is 27.1 Å². The van der Waals surface area contributed by atoms with Gasteiger partial charge in [0.2, 0.25) is 0 Å². The Labute approximate surface area is 235 Å². The number of hydrogen-bond acceptors (Lipinski definition) is 7. The number of anilines is 1. The lowest BCUT2D eigenvalue weighted by atomic mass is 9.95. The van der Waals surface area contributed by atoms with E-state index in [0.29, 0.717) is 35.3 Å². The van der Waals surface area contributed by atoms with Gasteiger partial charge in [-0.15, -0.1) is 0 Å². The van der Waals surface area contributed by atoms with E-state index in [1.807, 2.05) is 0 Å². The van der Waals surface area contributed by atoms with E-state index in [4.69, 9.17) is 21.3 Å². The lowest BCUT2D eigenvalue weighted by molar-refractivity contribution is 0.188. The third-order valence-corrected chi connectivity index (χ3v) is 8.96. The fraction of sp³-hybridized carbons (Fsp3) is 0.400. The second-order valence-corrected chi connectivity index (χ2v) is 11.6. The van der Waals surface area contributed by atoms with Gasteiger partial charge in [0.15, 0.2) is 17.4 Å². The molecular weight excluding hydrogens is 536 g/mol. The molecule has 3 fully saturated rings. The molecule has 7 nitrogen and oxygen atoms in total. The number of likely N-dealkylation sites (N-methyl/N-ethyl adjacent to an activating group) is 1. The maximum atomic E-state index is 16.6. The number of halogens is 3. The molecule has 0 saturated carbocycles. The average molecular weight is 566 g/mol. The summed E-state index contributed by atoms with van der Waals surface area (Å²) in [6.45, 7) is 2.90. The number of hydrogen-bond donors (Lipinski definition) is 2. The number of phenolic OH excluding ortho intramolecular Hbond substituents is 1. The maximum Gasteiger partial charge on any atom is 0.319 e. The lowest BCUT2D eigenvalue weighted by Gasteiger charge is -2.34. The topological polar surface area (TPSA) is 73.8 Å². The number of ether oxygens (including phenoxy) is 1. The number of nitrogens with zero attached hydrogens (tertiary/aromatic N) is 4. The minimum atomic E-state index is -0.762. The van der Waals surface area contributed by atoms with Crippen molar-refractivity contribution in [1.82, 2.24) is 20.2 Å². The molecule has 3 saturated heterocycles. The highest BCUT2D eigenvalue weighted by molar-refractivity contribution is 6.35. The van der Waals surface area contributed by atoms with Gasteiger partial charge in [-0.2, -0.15) is 9.97 Å². The summed E-state index contributed by atoms with van der Waals surface area (Å²) in [5, 5.41) is 15.2. The van der Waals surface area contributed by atoms with Crippen LogP contribution in [-0.4, -0.2) is 71.4 Å². The normalized spacial score (nSPS) is 23.0. The Morgan fingerprint density at radius 3 is 2.50 bits per heavy atom. The molecule has 208 valence electrons. The van der Waals surface area contributed by atoms with Gasteiger partial charge in [0.05, 0.1) is 5.02 Å². The van der Waals surface area contributed by atoms with Crippen LogP contribution < -0.4 is 15.0 Å². The first-order chi connectivity index (χ1) is 19.4. The van der Waals surface area contributed by atoms with Crippen LogP contribution >= 0.6 is 11.6 Å². The molecule has 2 N–H and O–H groups in total. The number of fused-ring (bicyclic) bond motifs is 4. The summed E-state index contributed by atoms with van der Waals surface area (Å²) in [4.78, 5) is 13.8. The minimum Gasteiger partial charge on any atom is -0.505 e. The van der Waals surface area contributed by atoms with Crippen molar-refractivity contribution < 1.29 is 18.6 Å². The van der Waals surface area contributed by atoms with Gasteiger partial charge in [0.1, 0.15) is 17.9 Å². The van der Waals surface area contributed by atoms with E-state index in [0.717, 1.165) is 45.3 Å². The molecule has 4 heterocycles. The first-order valence-electron chi connectivity index (χ1n) is 13.8. The van der Waals surface area contributed by atoms with Crippen molar-refractivity contribution in [3.05, 3.63) is 53.1 Å². The number of likely N-dealkylation sites (tertiary alicyclic amines) is 1. The van der Waals surface area contributed by atoms with Crippen LogP contribution in [0.4, 0.5) is 14.6 Å². The molecule has 3 aromatic carbocycles. The average Bonchev–Trinajstić information content (AvgIpc) is 3.52. The second kappa shape index (κ2) is 9.98. The van der Waals surface area contributed by atoms with Crippen molar-refractivity contribution in [2.24, 2.45) is 0 Å². The van der Waals surface area contributed by atoms with Crippen molar-refractivity contribution in [3.63, 3.8) is 0 Å². The molecule has 3 aliphatic heterocycles. The second-order valence-electron chi connectivity index (χ2n) is 11.2. The molecule has 2 bridgehead atoms. The molecular formula is C30H30ClF2N5O2. The van der Waals surface area contributed by atoms with Gasteiger partial charge in [-0.25, -0.2) is 8.78 Å². The van der Waals surface area contributed by atoms with Crippen LogP contribution in [0, 0.1) is 11.6 Å². The highest BCUT2D eigenvalue weighted by Crippen LogP contribution is 2.43. The molecule has 0 radical (unpaired) electrons. The highest BCUT2D eigenvalue weighted by Gasteiger charge is 2.34. The van der Waals surface area contributed by atoms with Crippen LogP contribution in [0.3, 0.4) is 0 Å². The van der Waals surface area contributed by atoms with Crippen molar-refractivity contribution >= 4 is 39.1 Å². The van der Waals surface area contributed by atoms with Gasteiger partial charge in [-0.3, -0.25) is 0 Å². The fourth-order valence-corrected chi connectivity index (χ4v) is 6.87. The van der Waals surface area contributed by atoms with E-state index < -0.39 is 17.4 Å². The summed E-state index contributed by atoms with van der Waals surface area (Å²) >= 11 is 6.78. The van der Waals surface area contributed by atoms with E-state index in [1.165, 1.54) is 6.07 Å². The maximum absolute atomic E-state index is 16.6. The van der Waals surface area contributed by atoms with Crippen LogP contribution in [0.25, 0.3) is 32.8 Å². The van der Waals surface area contributed by atoms with Gasteiger partial charge >= 0.3 is 6.01 Å².